The molecule has 146 valence electrons. The van der Waals surface area contributed by atoms with Crippen molar-refractivity contribution in [2.24, 2.45) is 0 Å². The molecule has 2 aliphatic rings. The molecule has 0 aliphatic carbocycles. The lowest BCUT2D eigenvalue weighted by Crippen LogP contribution is -2.29. The minimum Gasteiger partial charge on any atom is -0.344 e. The number of hydrogen-bond donors (Lipinski definition) is 0. The summed E-state index contributed by atoms with van der Waals surface area (Å²) in [5, 5.41) is 20.8. The van der Waals surface area contributed by atoms with Crippen molar-refractivity contribution in [2.45, 2.75) is 32.1 Å². The lowest BCUT2D eigenvalue weighted by molar-refractivity contribution is 0.626. The van der Waals surface area contributed by atoms with Crippen LogP contribution in [0.4, 0.5) is 5.69 Å². The predicted octanol–water partition coefficient (Wildman–Crippen LogP) is 4.51. The molecule has 3 nitrogen and oxygen atoms in total. The maximum absolute atomic E-state index is 9.39. The predicted molar refractivity (Wildman–Crippen MR) is 123 cm³/mol. The Hall–Kier alpha value is -3.34. The van der Waals surface area contributed by atoms with Gasteiger partial charge >= 0.3 is 0 Å². The molecule has 0 atom stereocenters. The lowest BCUT2D eigenvalue weighted by atomic mass is 9.83. The second-order valence-electron chi connectivity index (χ2n) is 8.35. The Morgan fingerprint density at radius 3 is 2.57 bits per heavy atom. The van der Waals surface area contributed by atoms with Crippen molar-refractivity contribution in [1.82, 2.24) is 0 Å². The van der Waals surface area contributed by atoms with Crippen molar-refractivity contribution in [3.05, 3.63) is 74.4 Å². The fourth-order valence-corrected chi connectivity index (χ4v) is 6.00. The zero-order valence-corrected chi connectivity index (χ0v) is 17.9. The number of thiophene rings is 1. The minimum atomic E-state index is -0.0569. The summed E-state index contributed by atoms with van der Waals surface area (Å²) in [4.78, 5) is 2.49. The third kappa shape index (κ3) is 2.61. The molecular formula is C26H21N3S. The average molecular weight is 408 g/mol. The molecule has 4 heteroatoms. The maximum Gasteiger partial charge on any atom is 0.147 e. The molecule has 30 heavy (non-hydrogen) atoms. The standard InChI is InChI=1S/C26H21N3S/c1-26(2)21-11-5-7-17-8-6-14-29(24(17)21)23(26)13-12-22-19-9-3-4-10-20(19)25(30-22)18(15-27)16-28/h3-5,7,9-13H,6,8,14H2,1-2H3. The normalized spacial score (nSPS) is 18.3. The highest BCUT2D eigenvalue weighted by atomic mass is 32.1. The van der Waals surface area contributed by atoms with Crippen molar-refractivity contribution < 1.29 is 0 Å². The minimum absolute atomic E-state index is 0.0569. The topological polar surface area (TPSA) is 50.8 Å². The van der Waals surface area contributed by atoms with Crippen LogP contribution < -0.4 is 14.0 Å². The fourth-order valence-electron chi connectivity index (χ4n) is 4.88. The van der Waals surface area contributed by atoms with Crippen molar-refractivity contribution in [1.29, 1.82) is 10.5 Å². The second kappa shape index (κ2) is 6.87. The van der Waals surface area contributed by atoms with Gasteiger partial charge in [-0.3, -0.25) is 0 Å². The average Bonchev–Trinajstić information content (AvgIpc) is 3.23. The Balaban J connectivity index is 1.74. The highest BCUT2D eigenvalue weighted by molar-refractivity contribution is 7.09. The van der Waals surface area contributed by atoms with Crippen LogP contribution in [0, 0.1) is 22.7 Å². The van der Waals surface area contributed by atoms with Crippen LogP contribution in [0.5, 0.6) is 0 Å². The Labute approximate surface area is 180 Å². The molecular weight excluding hydrogens is 386 g/mol. The van der Waals surface area contributed by atoms with Gasteiger partial charge in [0.2, 0.25) is 0 Å². The Bertz CT molecular complexity index is 1410. The van der Waals surface area contributed by atoms with E-state index in [0.29, 0.717) is 0 Å². The van der Waals surface area contributed by atoms with Crippen LogP contribution in [0.2, 0.25) is 0 Å². The zero-order chi connectivity index (χ0) is 20.9. The maximum atomic E-state index is 9.39. The molecule has 0 amide bonds. The molecule has 5 rings (SSSR count). The molecule has 0 bridgehead atoms. The lowest BCUT2D eigenvalue weighted by Gasteiger charge is -2.30. The smallest absolute Gasteiger partial charge is 0.147 e. The number of nitrogens with zero attached hydrogens (tertiary/aromatic N) is 3. The number of fused-ring (bicyclic) bond motifs is 1. The van der Waals surface area contributed by atoms with Crippen molar-refractivity contribution >= 4 is 39.4 Å². The summed E-state index contributed by atoms with van der Waals surface area (Å²) >= 11 is 1.52. The van der Waals surface area contributed by atoms with Crippen LogP contribution in [0.25, 0.3) is 22.4 Å². The largest absolute Gasteiger partial charge is 0.344 e. The van der Waals surface area contributed by atoms with Gasteiger partial charge in [0.1, 0.15) is 17.7 Å². The van der Waals surface area contributed by atoms with E-state index in [2.05, 4.69) is 67.3 Å². The van der Waals surface area contributed by atoms with E-state index in [1.54, 1.807) is 0 Å². The summed E-state index contributed by atoms with van der Waals surface area (Å²) in [5.74, 6) is 0. The molecule has 3 heterocycles. The van der Waals surface area contributed by atoms with E-state index < -0.39 is 0 Å². The Morgan fingerprint density at radius 2 is 1.80 bits per heavy atom. The van der Waals surface area contributed by atoms with Crippen LogP contribution in [-0.2, 0) is 11.8 Å². The summed E-state index contributed by atoms with van der Waals surface area (Å²) in [6.07, 6.45) is 6.72. The number of rotatable bonds is 1. The van der Waals surface area contributed by atoms with Crippen LogP contribution in [0.15, 0.2) is 54.2 Å². The number of hydrogen-bond acceptors (Lipinski definition) is 4. The quantitative estimate of drug-likeness (QED) is 0.596. The number of nitriles is 2. The van der Waals surface area contributed by atoms with Crippen molar-refractivity contribution in [2.75, 3.05) is 11.4 Å². The van der Waals surface area contributed by atoms with Crippen LogP contribution in [0.3, 0.4) is 0 Å². The first-order valence-corrected chi connectivity index (χ1v) is 11.0. The molecule has 0 spiro atoms. The summed E-state index contributed by atoms with van der Waals surface area (Å²) in [6, 6.07) is 18.8. The summed E-state index contributed by atoms with van der Waals surface area (Å²) in [5.41, 5.74) is 5.68. The van der Waals surface area contributed by atoms with Crippen LogP contribution in [0.1, 0.15) is 31.4 Å². The first-order chi connectivity index (χ1) is 14.6. The van der Waals surface area contributed by atoms with Gasteiger partial charge in [0.15, 0.2) is 0 Å². The van der Waals surface area contributed by atoms with Crippen LogP contribution in [-0.4, -0.2) is 6.54 Å². The van der Waals surface area contributed by atoms with Gasteiger partial charge in [0.05, 0.1) is 4.53 Å². The molecule has 0 unspecified atom stereocenters. The number of benzene rings is 2. The van der Waals surface area contributed by atoms with E-state index in [9.17, 15) is 10.5 Å². The van der Waals surface area contributed by atoms with Gasteiger partial charge in [-0.1, -0.05) is 56.3 Å². The zero-order valence-electron chi connectivity index (χ0n) is 17.1. The Kier molecular flexibility index (Phi) is 4.28. The number of para-hydroxylation sites is 1. The van der Waals surface area contributed by atoms with E-state index in [1.165, 1.54) is 40.3 Å². The molecule has 0 saturated heterocycles. The summed E-state index contributed by atoms with van der Waals surface area (Å²) in [7, 11) is 0. The first kappa shape index (κ1) is 18.7. The number of allylic oxidation sites excluding steroid dienone is 2. The van der Waals surface area contributed by atoms with Crippen LogP contribution >= 0.6 is 11.3 Å². The van der Waals surface area contributed by atoms with E-state index in [1.807, 2.05) is 18.2 Å². The molecule has 2 aliphatic heterocycles. The van der Waals surface area contributed by atoms with E-state index in [4.69, 9.17) is 0 Å². The van der Waals surface area contributed by atoms with Gasteiger partial charge in [-0.25, -0.2) is 0 Å². The molecule has 1 aromatic heterocycles. The first-order valence-electron chi connectivity index (χ1n) is 10.2. The van der Waals surface area contributed by atoms with Gasteiger partial charge in [0, 0.05) is 38.6 Å². The van der Waals surface area contributed by atoms with E-state index >= 15 is 0 Å². The molecule has 2 aromatic carbocycles. The summed E-state index contributed by atoms with van der Waals surface area (Å²) < 4.78 is 1.84. The fraction of sp³-hybridized carbons (Fsp3) is 0.231. The van der Waals surface area contributed by atoms with Gasteiger partial charge < -0.3 is 4.90 Å². The highest BCUT2D eigenvalue weighted by Gasteiger charge is 2.41. The molecule has 0 radical (unpaired) electrons. The van der Waals surface area contributed by atoms with Gasteiger partial charge in [-0.2, -0.15) is 10.5 Å². The Morgan fingerprint density at radius 1 is 1.03 bits per heavy atom. The van der Waals surface area contributed by atoms with E-state index in [0.717, 1.165) is 32.8 Å². The monoisotopic (exact) mass is 407 g/mol. The third-order valence-corrected chi connectivity index (χ3v) is 7.52. The molecule has 0 saturated carbocycles. The van der Waals surface area contributed by atoms with Gasteiger partial charge in [0.25, 0.3) is 0 Å². The molecule has 0 N–H and O–H groups in total. The number of anilines is 1. The van der Waals surface area contributed by atoms with Gasteiger partial charge in [-0.15, -0.1) is 11.3 Å². The molecule has 0 fully saturated rings. The van der Waals surface area contributed by atoms with Gasteiger partial charge in [-0.05, 0) is 36.1 Å². The third-order valence-electron chi connectivity index (χ3n) is 6.31. The van der Waals surface area contributed by atoms with Crippen molar-refractivity contribution in [3.8, 4) is 12.1 Å². The second-order valence-corrected chi connectivity index (χ2v) is 9.40. The van der Waals surface area contributed by atoms with Crippen molar-refractivity contribution in [3.63, 3.8) is 0 Å². The highest BCUT2D eigenvalue weighted by Crippen LogP contribution is 2.50. The summed E-state index contributed by atoms with van der Waals surface area (Å²) in [6.45, 7) is 5.65. The van der Waals surface area contributed by atoms with E-state index in [-0.39, 0.29) is 11.0 Å². The number of aryl methyl sites for hydroxylation is 1. The molecule has 3 aromatic rings. The SMILES string of the molecule is CC1(C)C(=CC=c2sc(=C(C#N)C#N)c3ccccc23)N2CCCc3cccc1c32.